The van der Waals surface area contributed by atoms with Crippen LogP contribution in [0, 0.1) is 0 Å². The summed E-state index contributed by atoms with van der Waals surface area (Å²) in [6.07, 6.45) is 10.3. The van der Waals surface area contributed by atoms with Crippen molar-refractivity contribution in [3.8, 4) is 0 Å². The normalized spacial score (nSPS) is 21.1. The smallest absolute Gasteiger partial charge is 0.136 e. The topological polar surface area (TPSA) is 30.7 Å². The van der Waals surface area contributed by atoms with Crippen LogP contribution < -0.4 is 0 Å². The zero-order valence-corrected chi connectivity index (χ0v) is 10.2. The van der Waals surface area contributed by atoms with Gasteiger partial charge in [0.1, 0.15) is 11.6 Å². The molecule has 0 aliphatic heterocycles. The summed E-state index contributed by atoms with van der Waals surface area (Å²) < 4.78 is 2.49. The average molecular weight is 219 g/mol. The Balaban J connectivity index is 1.83. The number of unbranched alkanes of at least 4 members (excludes halogenated alkanes) is 1. The molecule has 0 N–H and O–H groups in total. The molecule has 3 nitrogen and oxygen atoms in total. The standard InChI is InChI=1S/C13H21N3/c1-2-3-7-12-14-15-13(10-5-4-6-10)16(12)11-8-9-11/h10-11H,2-9H2,1H3. The fourth-order valence-electron chi connectivity index (χ4n) is 2.52. The summed E-state index contributed by atoms with van der Waals surface area (Å²) in [5, 5.41) is 8.90. The lowest BCUT2D eigenvalue weighted by Gasteiger charge is -2.25. The van der Waals surface area contributed by atoms with E-state index in [2.05, 4.69) is 21.7 Å². The maximum Gasteiger partial charge on any atom is 0.136 e. The molecular formula is C13H21N3. The van der Waals surface area contributed by atoms with Crippen LogP contribution in [-0.2, 0) is 6.42 Å². The van der Waals surface area contributed by atoms with E-state index >= 15 is 0 Å². The summed E-state index contributed by atoms with van der Waals surface area (Å²) in [6, 6.07) is 0.748. The molecule has 0 bridgehead atoms. The molecule has 0 unspecified atom stereocenters. The average Bonchev–Trinajstić information content (AvgIpc) is 2.97. The molecule has 88 valence electrons. The van der Waals surface area contributed by atoms with Crippen LogP contribution in [0.5, 0.6) is 0 Å². The lowest BCUT2D eigenvalue weighted by Crippen LogP contribution is -2.16. The zero-order chi connectivity index (χ0) is 11.0. The van der Waals surface area contributed by atoms with Crippen LogP contribution in [0.3, 0.4) is 0 Å². The van der Waals surface area contributed by atoms with Crippen LogP contribution in [-0.4, -0.2) is 14.8 Å². The molecule has 2 aliphatic rings. The SMILES string of the molecule is CCCCc1nnc(C2CCC2)n1C1CC1. The molecule has 0 amide bonds. The summed E-state index contributed by atoms with van der Waals surface area (Å²) >= 11 is 0. The van der Waals surface area contributed by atoms with Gasteiger partial charge in [-0.3, -0.25) is 0 Å². The van der Waals surface area contributed by atoms with Crippen molar-refractivity contribution in [2.75, 3.05) is 0 Å². The first-order valence-electron chi connectivity index (χ1n) is 6.83. The van der Waals surface area contributed by atoms with Gasteiger partial charge in [0.2, 0.25) is 0 Å². The molecule has 1 aromatic heterocycles. The molecule has 2 saturated carbocycles. The van der Waals surface area contributed by atoms with E-state index in [1.54, 1.807) is 0 Å². The predicted octanol–water partition coefficient (Wildman–Crippen LogP) is 3.22. The minimum atomic E-state index is 0.725. The second-order valence-corrected chi connectivity index (χ2v) is 5.31. The second-order valence-electron chi connectivity index (χ2n) is 5.31. The second kappa shape index (κ2) is 4.19. The summed E-state index contributed by atoms with van der Waals surface area (Å²) in [5.74, 6) is 3.29. The van der Waals surface area contributed by atoms with Crippen molar-refractivity contribution in [2.24, 2.45) is 0 Å². The Bertz CT molecular complexity index is 361. The molecule has 1 heterocycles. The van der Waals surface area contributed by atoms with E-state index in [-0.39, 0.29) is 0 Å². The molecule has 0 aromatic carbocycles. The third-order valence-corrected chi connectivity index (χ3v) is 3.93. The van der Waals surface area contributed by atoms with E-state index in [1.807, 2.05) is 0 Å². The number of hydrogen-bond acceptors (Lipinski definition) is 2. The summed E-state index contributed by atoms with van der Waals surface area (Å²) in [5.41, 5.74) is 0. The van der Waals surface area contributed by atoms with Crippen molar-refractivity contribution in [3.05, 3.63) is 11.6 Å². The molecule has 0 spiro atoms. The van der Waals surface area contributed by atoms with Gasteiger partial charge < -0.3 is 4.57 Å². The summed E-state index contributed by atoms with van der Waals surface area (Å²) in [7, 11) is 0. The van der Waals surface area contributed by atoms with Crippen molar-refractivity contribution in [2.45, 2.75) is 70.3 Å². The molecule has 3 heteroatoms. The van der Waals surface area contributed by atoms with Crippen LogP contribution in [0.15, 0.2) is 0 Å². The van der Waals surface area contributed by atoms with Gasteiger partial charge in [-0.1, -0.05) is 19.8 Å². The van der Waals surface area contributed by atoms with E-state index < -0.39 is 0 Å². The minimum absolute atomic E-state index is 0.725. The Morgan fingerprint density at radius 2 is 2.00 bits per heavy atom. The van der Waals surface area contributed by atoms with Crippen molar-refractivity contribution >= 4 is 0 Å². The van der Waals surface area contributed by atoms with Gasteiger partial charge in [-0.25, -0.2) is 0 Å². The lowest BCUT2D eigenvalue weighted by atomic mass is 9.85. The maximum atomic E-state index is 4.47. The Labute approximate surface area is 97.3 Å². The monoisotopic (exact) mass is 219 g/mol. The Hall–Kier alpha value is -0.860. The third-order valence-electron chi connectivity index (χ3n) is 3.93. The van der Waals surface area contributed by atoms with Crippen LogP contribution in [0.1, 0.15) is 75.5 Å². The predicted molar refractivity (Wildman–Crippen MR) is 63.5 cm³/mol. The van der Waals surface area contributed by atoms with Crippen molar-refractivity contribution in [3.63, 3.8) is 0 Å². The Kier molecular flexibility index (Phi) is 2.70. The van der Waals surface area contributed by atoms with Crippen LogP contribution in [0.25, 0.3) is 0 Å². The van der Waals surface area contributed by atoms with E-state index in [0.717, 1.165) is 18.4 Å². The van der Waals surface area contributed by atoms with Gasteiger partial charge in [-0.2, -0.15) is 0 Å². The lowest BCUT2D eigenvalue weighted by molar-refractivity contribution is 0.385. The Morgan fingerprint density at radius 1 is 1.19 bits per heavy atom. The van der Waals surface area contributed by atoms with Gasteiger partial charge in [-0.05, 0) is 32.1 Å². The fourth-order valence-corrected chi connectivity index (χ4v) is 2.52. The van der Waals surface area contributed by atoms with Gasteiger partial charge in [0, 0.05) is 18.4 Å². The van der Waals surface area contributed by atoms with Gasteiger partial charge in [-0.15, -0.1) is 10.2 Å². The minimum Gasteiger partial charge on any atom is -0.312 e. The first-order valence-corrected chi connectivity index (χ1v) is 6.83. The van der Waals surface area contributed by atoms with E-state index in [9.17, 15) is 0 Å². The van der Waals surface area contributed by atoms with Gasteiger partial charge in [0.25, 0.3) is 0 Å². The van der Waals surface area contributed by atoms with E-state index in [4.69, 9.17) is 0 Å². The number of nitrogens with zero attached hydrogens (tertiary/aromatic N) is 3. The largest absolute Gasteiger partial charge is 0.312 e. The highest BCUT2D eigenvalue weighted by Gasteiger charge is 2.33. The highest BCUT2D eigenvalue weighted by atomic mass is 15.3. The van der Waals surface area contributed by atoms with E-state index in [0.29, 0.717) is 0 Å². The number of aromatic nitrogens is 3. The van der Waals surface area contributed by atoms with E-state index in [1.165, 1.54) is 56.6 Å². The molecule has 1 aromatic rings. The molecule has 0 radical (unpaired) electrons. The fraction of sp³-hybridized carbons (Fsp3) is 0.846. The zero-order valence-electron chi connectivity index (χ0n) is 10.2. The van der Waals surface area contributed by atoms with Crippen LogP contribution in [0.4, 0.5) is 0 Å². The van der Waals surface area contributed by atoms with Crippen LogP contribution >= 0.6 is 0 Å². The number of rotatable bonds is 5. The molecule has 2 aliphatic carbocycles. The molecule has 3 rings (SSSR count). The van der Waals surface area contributed by atoms with Crippen molar-refractivity contribution in [1.82, 2.24) is 14.8 Å². The first kappa shape index (κ1) is 10.3. The van der Waals surface area contributed by atoms with Gasteiger partial charge >= 0.3 is 0 Å². The highest BCUT2D eigenvalue weighted by Crippen LogP contribution is 2.42. The first-order chi connectivity index (χ1) is 7.90. The van der Waals surface area contributed by atoms with Crippen LogP contribution in [0.2, 0.25) is 0 Å². The summed E-state index contributed by atoms with van der Waals surface area (Å²) in [4.78, 5) is 0. The van der Waals surface area contributed by atoms with Gasteiger partial charge in [0.15, 0.2) is 0 Å². The molecule has 0 atom stereocenters. The maximum absolute atomic E-state index is 4.47. The quantitative estimate of drug-likeness (QED) is 0.761. The molecule has 16 heavy (non-hydrogen) atoms. The third kappa shape index (κ3) is 1.76. The Morgan fingerprint density at radius 3 is 2.56 bits per heavy atom. The number of hydrogen-bond donors (Lipinski definition) is 0. The number of aryl methyl sites for hydroxylation is 1. The molecular weight excluding hydrogens is 198 g/mol. The molecule has 2 fully saturated rings. The summed E-state index contributed by atoms with van der Waals surface area (Å²) in [6.45, 7) is 2.24. The highest BCUT2D eigenvalue weighted by molar-refractivity contribution is 5.09. The van der Waals surface area contributed by atoms with Crippen molar-refractivity contribution < 1.29 is 0 Å². The molecule has 0 saturated heterocycles. The van der Waals surface area contributed by atoms with Crippen molar-refractivity contribution in [1.29, 1.82) is 0 Å². The van der Waals surface area contributed by atoms with Gasteiger partial charge in [0.05, 0.1) is 0 Å².